The van der Waals surface area contributed by atoms with Crippen LogP contribution in [0.1, 0.15) is 45.4 Å². The van der Waals surface area contributed by atoms with Crippen LogP contribution in [0.2, 0.25) is 0 Å². The number of hydrogen-bond acceptors (Lipinski definition) is 8. The molecular formula is C25H36N8O2. The number of hydrogen-bond donors (Lipinski definition) is 2. The van der Waals surface area contributed by atoms with Crippen molar-refractivity contribution >= 4 is 23.5 Å². The van der Waals surface area contributed by atoms with E-state index >= 15 is 0 Å². The molecule has 0 saturated carbocycles. The van der Waals surface area contributed by atoms with Gasteiger partial charge in [-0.1, -0.05) is 13.3 Å². The van der Waals surface area contributed by atoms with Crippen molar-refractivity contribution in [2.75, 3.05) is 42.5 Å². The van der Waals surface area contributed by atoms with Gasteiger partial charge >= 0.3 is 0 Å². The average Bonchev–Trinajstić information content (AvgIpc) is 2.92. The molecule has 35 heavy (non-hydrogen) atoms. The van der Waals surface area contributed by atoms with Gasteiger partial charge in [-0.25, -0.2) is 9.97 Å². The number of nitrogens with zero attached hydrogens (tertiary/aromatic N) is 6. The summed E-state index contributed by atoms with van der Waals surface area (Å²) in [5, 5.41) is 6.31. The Morgan fingerprint density at radius 2 is 1.49 bits per heavy atom. The van der Waals surface area contributed by atoms with Gasteiger partial charge in [0.25, 0.3) is 0 Å². The molecule has 0 aromatic carbocycles. The molecule has 2 amide bonds. The van der Waals surface area contributed by atoms with Crippen LogP contribution in [0, 0.1) is 11.8 Å². The molecule has 188 valence electrons. The van der Waals surface area contributed by atoms with Crippen LogP contribution in [0.25, 0.3) is 0 Å². The van der Waals surface area contributed by atoms with E-state index in [9.17, 15) is 9.59 Å². The van der Waals surface area contributed by atoms with Crippen molar-refractivity contribution in [1.29, 1.82) is 0 Å². The Morgan fingerprint density at radius 3 is 2.00 bits per heavy atom. The minimum absolute atomic E-state index is 0.0421. The van der Waals surface area contributed by atoms with Gasteiger partial charge in [-0.15, -0.1) is 0 Å². The number of carbonyl (C=O) groups excluding carboxylic acids is 2. The Morgan fingerprint density at radius 1 is 0.914 bits per heavy atom. The Kier molecular flexibility index (Phi) is 8.80. The first kappa shape index (κ1) is 24.8. The molecule has 4 rings (SSSR count). The lowest BCUT2D eigenvalue weighted by Gasteiger charge is -2.34. The zero-order chi connectivity index (χ0) is 24.5. The van der Waals surface area contributed by atoms with Gasteiger partial charge in [0.15, 0.2) is 0 Å². The summed E-state index contributed by atoms with van der Waals surface area (Å²) in [6.07, 6.45) is 15.5. The number of anilines is 2. The number of carbonyl (C=O) groups is 2. The average molecular weight is 481 g/mol. The second-order valence-corrected chi connectivity index (χ2v) is 9.44. The summed E-state index contributed by atoms with van der Waals surface area (Å²) in [6, 6.07) is -0.0805. The lowest BCUT2D eigenvalue weighted by atomic mass is 9.96. The predicted molar refractivity (Wildman–Crippen MR) is 134 cm³/mol. The summed E-state index contributed by atoms with van der Waals surface area (Å²) in [5.41, 5.74) is 0. The molecule has 2 aliphatic heterocycles. The summed E-state index contributed by atoms with van der Waals surface area (Å²) in [5.74, 6) is 1.52. The first-order chi connectivity index (χ1) is 17.1. The highest BCUT2D eigenvalue weighted by molar-refractivity contribution is 5.81. The second-order valence-electron chi connectivity index (χ2n) is 9.44. The van der Waals surface area contributed by atoms with Gasteiger partial charge in [-0.05, 0) is 32.1 Å². The molecule has 10 heteroatoms. The maximum atomic E-state index is 13.1. The van der Waals surface area contributed by atoms with Crippen LogP contribution in [0.15, 0.2) is 37.2 Å². The topological polar surface area (TPSA) is 116 Å². The van der Waals surface area contributed by atoms with E-state index in [1.54, 1.807) is 37.2 Å². The molecule has 0 radical (unpaired) electrons. The molecule has 2 fully saturated rings. The van der Waals surface area contributed by atoms with E-state index in [4.69, 9.17) is 0 Å². The van der Waals surface area contributed by atoms with Crippen LogP contribution >= 0.6 is 0 Å². The maximum absolute atomic E-state index is 13.1. The first-order valence-electron chi connectivity index (χ1n) is 12.7. The van der Waals surface area contributed by atoms with Crippen LogP contribution < -0.4 is 20.4 Å². The lowest BCUT2D eigenvalue weighted by Crippen LogP contribution is -2.51. The molecule has 3 unspecified atom stereocenters. The summed E-state index contributed by atoms with van der Waals surface area (Å²) in [6.45, 7) is 5.57. The molecule has 0 aliphatic carbocycles. The van der Waals surface area contributed by atoms with Crippen LogP contribution in [-0.2, 0) is 9.59 Å². The fourth-order valence-corrected chi connectivity index (χ4v) is 4.97. The van der Waals surface area contributed by atoms with E-state index in [0.717, 1.165) is 63.3 Å². The van der Waals surface area contributed by atoms with E-state index in [-0.39, 0.29) is 29.7 Å². The van der Waals surface area contributed by atoms with E-state index in [0.29, 0.717) is 19.6 Å². The minimum atomic E-state index is -0.0975. The monoisotopic (exact) mass is 480 g/mol. The normalized spacial score (nSPS) is 21.3. The van der Waals surface area contributed by atoms with Crippen molar-refractivity contribution in [3.8, 4) is 0 Å². The number of rotatable bonds is 9. The van der Waals surface area contributed by atoms with Crippen LogP contribution in [0.4, 0.5) is 11.6 Å². The fraction of sp³-hybridized carbons (Fsp3) is 0.600. The van der Waals surface area contributed by atoms with Gasteiger partial charge in [0.05, 0.1) is 24.2 Å². The Balaban J connectivity index is 1.27. The van der Waals surface area contributed by atoms with Crippen molar-refractivity contribution in [3.05, 3.63) is 37.2 Å². The Bertz CT molecular complexity index is 945. The van der Waals surface area contributed by atoms with Crippen molar-refractivity contribution in [2.45, 2.75) is 51.5 Å². The molecule has 4 heterocycles. The minimum Gasteiger partial charge on any atom is -0.355 e. The third kappa shape index (κ3) is 6.86. The molecule has 2 saturated heterocycles. The second kappa shape index (κ2) is 12.4. The molecule has 2 aromatic rings. The predicted octanol–water partition coefficient (Wildman–Crippen LogP) is 1.80. The van der Waals surface area contributed by atoms with Crippen LogP contribution in [0.3, 0.4) is 0 Å². The zero-order valence-electron chi connectivity index (χ0n) is 20.5. The van der Waals surface area contributed by atoms with Gasteiger partial charge in [0.2, 0.25) is 11.8 Å². The van der Waals surface area contributed by atoms with Crippen molar-refractivity contribution < 1.29 is 9.59 Å². The van der Waals surface area contributed by atoms with Crippen LogP contribution in [-0.4, -0.2) is 70.5 Å². The van der Waals surface area contributed by atoms with Crippen LogP contribution in [0.5, 0.6) is 0 Å². The van der Waals surface area contributed by atoms with E-state index in [1.807, 2.05) is 0 Å². The summed E-state index contributed by atoms with van der Waals surface area (Å²) in [4.78, 5) is 47.4. The van der Waals surface area contributed by atoms with Gasteiger partial charge in [0.1, 0.15) is 11.6 Å². The third-order valence-electron chi connectivity index (χ3n) is 6.84. The van der Waals surface area contributed by atoms with Gasteiger partial charge in [-0.3, -0.25) is 19.6 Å². The molecule has 3 atom stereocenters. The highest BCUT2D eigenvalue weighted by atomic mass is 16.2. The highest BCUT2D eigenvalue weighted by Gasteiger charge is 2.29. The molecular weight excluding hydrogens is 444 g/mol. The summed E-state index contributed by atoms with van der Waals surface area (Å²) in [7, 11) is 0. The molecule has 2 N–H and O–H groups in total. The molecule has 2 aliphatic rings. The van der Waals surface area contributed by atoms with E-state index < -0.39 is 0 Å². The summed E-state index contributed by atoms with van der Waals surface area (Å²) < 4.78 is 0. The van der Waals surface area contributed by atoms with Crippen molar-refractivity contribution in [2.24, 2.45) is 11.8 Å². The quantitative estimate of drug-likeness (QED) is 0.558. The van der Waals surface area contributed by atoms with Gasteiger partial charge in [0, 0.05) is 63.6 Å². The molecule has 2 aromatic heterocycles. The summed E-state index contributed by atoms with van der Waals surface area (Å²) >= 11 is 0. The smallest absolute Gasteiger partial charge is 0.225 e. The third-order valence-corrected chi connectivity index (χ3v) is 6.84. The standard InChI is InChI=1S/C25H36N8O2/c1-2-5-21(31-25(35)20-7-4-13-33(18-20)23-16-27-9-11-29-23)14-30-24(34)19-6-3-12-32(17-19)22-15-26-8-10-28-22/h8-11,15-16,19-21H,2-7,12-14,17-18H2,1H3,(H,30,34)(H,31,35). The number of piperidine rings is 2. The molecule has 10 nitrogen and oxygen atoms in total. The Labute approximate surface area is 207 Å². The van der Waals surface area contributed by atoms with Gasteiger partial charge < -0.3 is 20.4 Å². The fourth-order valence-electron chi connectivity index (χ4n) is 4.97. The van der Waals surface area contributed by atoms with Crippen molar-refractivity contribution in [3.63, 3.8) is 0 Å². The maximum Gasteiger partial charge on any atom is 0.225 e. The lowest BCUT2D eigenvalue weighted by molar-refractivity contribution is -0.127. The SMILES string of the molecule is CCCC(CNC(=O)C1CCCN(c2cnccn2)C1)NC(=O)C1CCCN(c2cnccn2)C1. The zero-order valence-corrected chi connectivity index (χ0v) is 20.5. The number of amides is 2. The number of nitrogens with one attached hydrogen (secondary N) is 2. The molecule has 0 spiro atoms. The Hall–Kier alpha value is -3.30. The largest absolute Gasteiger partial charge is 0.355 e. The van der Waals surface area contributed by atoms with E-state index in [1.165, 1.54) is 0 Å². The first-order valence-corrected chi connectivity index (χ1v) is 12.7. The van der Waals surface area contributed by atoms with E-state index in [2.05, 4.69) is 47.3 Å². The number of aromatic nitrogens is 4. The van der Waals surface area contributed by atoms with Gasteiger partial charge in [-0.2, -0.15) is 0 Å². The highest BCUT2D eigenvalue weighted by Crippen LogP contribution is 2.22. The molecule has 0 bridgehead atoms. The van der Waals surface area contributed by atoms with Crippen molar-refractivity contribution in [1.82, 2.24) is 30.6 Å².